The summed E-state index contributed by atoms with van der Waals surface area (Å²) in [6, 6.07) is 22.7. The number of aromatic amines is 2. The Morgan fingerprint density at radius 1 is 0.594 bits per heavy atom. The molecule has 5 heterocycles. The fourth-order valence-corrected chi connectivity index (χ4v) is 4.59. The van der Waals surface area contributed by atoms with Crippen LogP contribution in [0.5, 0.6) is 0 Å². The SMILES string of the molecule is Brc1c(-c2ccccc2)c2cc3nc(cc4ccc(cc5nc(cc1[nH]2)C=C5)[nH]4)C=C3.[Pt]. The van der Waals surface area contributed by atoms with Gasteiger partial charge in [-0.2, -0.15) is 0 Å². The van der Waals surface area contributed by atoms with Gasteiger partial charge in [0.15, 0.2) is 0 Å². The van der Waals surface area contributed by atoms with Gasteiger partial charge in [-0.05, 0) is 82.2 Å². The van der Waals surface area contributed by atoms with E-state index in [0.29, 0.717) is 0 Å². The second kappa shape index (κ2) is 8.49. The minimum Gasteiger partial charge on any atom is -0.355 e. The first-order valence-electron chi connectivity index (χ1n) is 10.0. The predicted molar refractivity (Wildman–Crippen MR) is 132 cm³/mol. The van der Waals surface area contributed by atoms with Gasteiger partial charge in [0.05, 0.1) is 32.8 Å². The van der Waals surface area contributed by atoms with Crippen molar-refractivity contribution in [1.82, 2.24) is 19.9 Å². The molecule has 0 spiro atoms. The zero-order valence-electron chi connectivity index (χ0n) is 16.7. The van der Waals surface area contributed by atoms with Crippen molar-refractivity contribution in [3.05, 3.63) is 94.0 Å². The van der Waals surface area contributed by atoms with Gasteiger partial charge < -0.3 is 9.97 Å². The summed E-state index contributed by atoms with van der Waals surface area (Å²) in [5, 5.41) is 0. The van der Waals surface area contributed by atoms with E-state index in [-0.39, 0.29) is 21.1 Å². The summed E-state index contributed by atoms with van der Waals surface area (Å²) in [4.78, 5) is 16.5. The Bertz CT molecular complexity index is 1540. The van der Waals surface area contributed by atoms with Crippen LogP contribution in [-0.4, -0.2) is 19.9 Å². The molecule has 2 aliphatic heterocycles. The van der Waals surface area contributed by atoms with Crippen LogP contribution in [0.4, 0.5) is 0 Å². The van der Waals surface area contributed by atoms with E-state index in [1.165, 1.54) is 0 Å². The summed E-state index contributed by atoms with van der Waals surface area (Å²) in [6.45, 7) is 0. The third-order valence-electron chi connectivity index (χ3n) is 5.35. The molecule has 8 bridgehead atoms. The molecule has 0 amide bonds. The third kappa shape index (κ3) is 3.94. The monoisotopic (exact) mass is 659 g/mol. The van der Waals surface area contributed by atoms with E-state index in [0.717, 1.165) is 60.4 Å². The van der Waals surface area contributed by atoms with Crippen LogP contribution in [0.3, 0.4) is 0 Å². The van der Waals surface area contributed by atoms with Gasteiger partial charge in [-0.15, -0.1) is 0 Å². The van der Waals surface area contributed by atoms with E-state index in [9.17, 15) is 0 Å². The van der Waals surface area contributed by atoms with Crippen molar-refractivity contribution in [3.8, 4) is 11.1 Å². The number of H-pyrrole nitrogens is 2. The fraction of sp³-hybridized carbons (Fsp3) is 0. The summed E-state index contributed by atoms with van der Waals surface area (Å²) < 4.78 is 1.01. The Morgan fingerprint density at radius 3 is 1.72 bits per heavy atom. The minimum absolute atomic E-state index is 0. The normalized spacial score (nSPS) is 12.0. The van der Waals surface area contributed by atoms with Gasteiger partial charge in [0.2, 0.25) is 0 Å². The van der Waals surface area contributed by atoms with Gasteiger partial charge in [0.1, 0.15) is 0 Å². The zero-order valence-corrected chi connectivity index (χ0v) is 20.6. The van der Waals surface area contributed by atoms with Crippen LogP contribution in [0.25, 0.3) is 57.5 Å². The summed E-state index contributed by atoms with van der Waals surface area (Å²) in [7, 11) is 0. The number of aromatic nitrogens is 4. The number of hydrogen-bond acceptors (Lipinski definition) is 2. The second-order valence-electron chi connectivity index (χ2n) is 7.54. The number of rotatable bonds is 1. The van der Waals surface area contributed by atoms with E-state index in [2.05, 4.69) is 74.4 Å². The molecule has 0 radical (unpaired) electrons. The van der Waals surface area contributed by atoms with Crippen molar-refractivity contribution < 1.29 is 21.1 Å². The van der Waals surface area contributed by atoms with Gasteiger partial charge in [0, 0.05) is 43.2 Å². The Labute approximate surface area is 207 Å². The second-order valence-corrected chi connectivity index (χ2v) is 8.34. The largest absolute Gasteiger partial charge is 0.355 e. The van der Waals surface area contributed by atoms with Gasteiger partial charge in [-0.1, -0.05) is 30.3 Å². The van der Waals surface area contributed by atoms with E-state index in [4.69, 9.17) is 9.97 Å². The van der Waals surface area contributed by atoms with Crippen LogP contribution >= 0.6 is 15.9 Å². The van der Waals surface area contributed by atoms with Crippen LogP contribution in [0.2, 0.25) is 0 Å². The number of fused-ring (bicyclic) bond motifs is 8. The Morgan fingerprint density at radius 2 is 1.12 bits per heavy atom. The standard InChI is InChI=1S/C26H17BrN4.Pt/c27-26-24-15-22-11-9-20(30-22)13-18-7-6-17(28-18)12-19-8-10-21(29-19)14-23(31-24)25(26)16-4-2-1-3-5-16;/h1-15,28,31H;. The molecule has 1 aromatic carbocycles. The topological polar surface area (TPSA) is 57.4 Å². The van der Waals surface area contributed by atoms with E-state index >= 15 is 0 Å². The summed E-state index contributed by atoms with van der Waals surface area (Å²) in [5.41, 5.74) is 9.88. The van der Waals surface area contributed by atoms with Crippen LogP contribution in [-0.2, 0) is 21.1 Å². The number of nitrogens with zero attached hydrogens (tertiary/aromatic N) is 2. The molecular formula is C26H17BrN4Pt. The first-order valence-corrected chi connectivity index (χ1v) is 10.8. The summed E-state index contributed by atoms with van der Waals surface area (Å²) in [6.07, 6.45) is 8.13. The molecular weight excluding hydrogens is 643 g/mol. The Hall–Kier alpha value is -3.01. The number of halogens is 1. The van der Waals surface area contributed by atoms with Crippen molar-refractivity contribution in [2.45, 2.75) is 0 Å². The molecule has 2 aliphatic rings. The van der Waals surface area contributed by atoms with Gasteiger partial charge in [-0.25, -0.2) is 9.97 Å². The maximum atomic E-state index is 4.78. The maximum absolute atomic E-state index is 4.78. The van der Waals surface area contributed by atoms with Crippen LogP contribution in [0.1, 0.15) is 22.8 Å². The summed E-state index contributed by atoms with van der Waals surface area (Å²) >= 11 is 3.83. The molecule has 4 nitrogen and oxygen atoms in total. The molecule has 0 saturated carbocycles. The predicted octanol–water partition coefficient (Wildman–Crippen LogP) is 7.08. The summed E-state index contributed by atoms with van der Waals surface area (Å²) in [5.74, 6) is 0. The zero-order chi connectivity index (χ0) is 20.8. The molecule has 0 atom stereocenters. The molecule has 0 aliphatic carbocycles. The quantitative estimate of drug-likeness (QED) is 0.198. The molecule has 4 aromatic rings. The molecule has 0 saturated heterocycles. The molecule has 32 heavy (non-hydrogen) atoms. The van der Waals surface area contributed by atoms with Crippen LogP contribution in [0.15, 0.2) is 71.2 Å². The molecule has 2 N–H and O–H groups in total. The van der Waals surface area contributed by atoms with Gasteiger partial charge in [0.25, 0.3) is 0 Å². The van der Waals surface area contributed by atoms with Crippen molar-refractivity contribution in [3.63, 3.8) is 0 Å². The Balaban J connectivity index is 0.00000216. The van der Waals surface area contributed by atoms with Crippen molar-refractivity contribution in [2.24, 2.45) is 0 Å². The van der Waals surface area contributed by atoms with Crippen LogP contribution < -0.4 is 0 Å². The van der Waals surface area contributed by atoms with E-state index in [1.807, 2.05) is 42.5 Å². The average Bonchev–Trinajstić information content (AvgIpc) is 3.55. The number of nitrogens with one attached hydrogen (secondary N) is 2. The molecule has 6 heteroatoms. The smallest absolute Gasteiger partial charge is 0.0658 e. The molecule has 0 fully saturated rings. The van der Waals surface area contributed by atoms with Crippen LogP contribution in [0, 0.1) is 0 Å². The van der Waals surface area contributed by atoms with Crippen molar-refractivity contribution in [1.29, 1.82) is 0 Å². The van der Waals surface area contributed by atoms with Crippen molar-refractivity contribution >= 4 is 62.3 Å². The number of benzene rings is 1. The molecule has 158 valence electrons. The fourth-order valence-electron chi connectivity index (χ4n) is 3.93. The molecule has 0 unspecified atom stereocenters. The number of hydrogen-bond donors (Lipinski definition) is 2. The molecule has 3 aromatic heterocycles. The van der Waals surface area contributed by atoms with Gasteiger partial charge >= 0.3 is 0 Å². The minimum atomic E-state index is 0. The van der Waals surface area contributed by atoms with E-state index in [1.54, 1.807) is 0 Å². The first-order chi connectivity index (χ1) is 15.2. The first kappa shape index (κ1) is 20.9. The Kier molecular flexibility index (Phi) is 5.54. The maximum Gasteiger partial charge on any atom is 0.0658 e. The average molecular weight is 660 g/mol. The molecule has 6 rings (SSSR count). The third-order valence-corrected chi connectivity index (χ3v) is 6.17. The van der Waals surface area contributed by atoms with Gasteiger partial charge in [-0.3, -0.25) is 0 Å². The van der Waals surface area contributed by atoms with Crippen molar-refractivity contribution in [2.75, 3.05) is 0 Å². The van der Waals surface area contributed by atoms with E-state index < -0.39 is 0 Å².